The first-order valence-corrected chi connectivity index (χ1v) is 7.71. The van der Waals surface area contributed by atoms with Crippen LogP contribution in [0.15, 0.2) is 22.7 Å². The molecule has 6 heteroatoms. The van der Waals surface area contributed by atoms with Gasteiger partial charge in [-0.2, -0.15) is 4.98 Å². The normalized spacial score (nSPS) is 14.9. The number of hydrogen-bond acceptors (Lipinski definition) is 6. The Hall–Kier alpha value is -2.24. The molecule has 0 unspecified atom stereocenters. The molecule has 1 aliphatic rings. The van der Waals surface area contributed by atoms with Crippen molar-refractivity contribution in [3.8, 4) is 22.9 Å². The first kappa shape index (κ1) is 14.7. The Labute approximate surface area is 130 Å². The Morgan fingerprint density at radius 3 is 2.73 bits per heavy atom. The van der Waals surface area contributed by atoms with Crippen LogP contribution >= 0.6 is 0 Å². The highest BCUT2D eigenvalue weighted by atomic mass is 16.5. The molecule has 6 nitrogen and oxygen atoms in total. The fourth-order valence-electron chi connectivity index (χ4n) is 2.63. The van der Waals surface area contributed by atoms with Crippen molar-refractivity contribution in [2.75, 3.05) is 31.7 Å². The van der Waals surface area contributed by atoms with E-state index in [2.05, 4.69) is 15.0 Å². The number of benzene rings is 1. The van der Waals surface area contributed by atoms with E-state index in [1.165, 1.54) is 19.3 Å². The molecular formula is C16H21N3O3. The molecule has 118 valence electrons. The van der Waals surface area contributed by atoms with Crippen molar-refractivity contribution in [1.82, 2.24) is 10.1 Å². The lowest BCUT2D eigenvalue weighted by atomic mass is 10.1. The highest BCUT2D eigenvalue weighted by Gasteiger charge is 2.18. The number of piperidine rings is 1. The molecule has 0 bridgehead atoms. The van der Waals surface area contributed by atoms with Crippen LogP contribution in [0.4, 0.5) is 6.01 Å². The van der Waals surface area contributed by atoms with Gasteiger partial charge in [0, 0.05) is 18.7 Å². The average molecular weight is 303 g/mol. The van der Waals surface area contributed by atoms with Gasteiger partial charge < -0.3 is 18.9 Å². The van der Waals surface area contributed by atoms with Gasteiger partial charge >= 0.3 is 6.01 Å². The molecular weight excluding hydrogens is 282 g/mol. The molecule has 0 amide bonds. The monoisotopic (exact) mass is 303 g/mol. The van der Waals surface area contributed by atoms with E-state index in [0.29, 0.717) is 29.9 Å². The summed E-state index contributed by atoms with van der Waals surface area (Å²) in [5.74, 6) is 1.96. The molecule has 1 fully saturated rings. The summed E-state index contributed by atoms with van der Waals surface area (Å²) in [7, 11) is 1.62. The largest absolute Gasteiger partial charge is 0.493 e. The van der Waals surface area contributed by atoms with Crippen LogP contribution in [0, 0.1) is 0 Å². The maximum absolute atomic E-state index is 5.52. The van der Waals surface area contributed by atoms with Gasteiger partial charge in [-0.3, -0.25) is 0 Å². The van der Waals surface area contributed by atoms with E-state index < -0.39 is 0 Å². The van der Waals surface area contributed by atoms with E-state index >= 15 is 0 Å². The first-order chi connectivity index (χ1) is 10.8. The van der Waals surface area contributed by atoms with E-state index in [-0.39, 0.29) is 0 Å². The van der Waals surface area contributed by atoms with E-state index in [1.54, 1.807) is 7.11 Å². The zero-order valence-electron chi connectivity index (χ0n) is 13.0. The summed E-state index contributed by atoms with van der Waals surface area (Å²) in [6.45, 7) is 4.50. The molecule has 2 aromatic rings. The number of hydrogen-bond donors (Lipinski definition) is 0. The molecule has 1 saturated heterocycles. The molecule has 1 aromatic heterocycles. The van der Waals surface area contributed by atoms with Crippen molar-refractivity contribution >= 4 is 6.01 Å². The van der Waals surface area contributed by atoms with Crippen molar-refractivity contribution < 1.29 is 14.0 Å². The van der Waals surface area contributed by atoms with Gasteiger partial charge in [0.1, 0.15) is 0 Å². The second kappa shape index (κ2) is 6.68. The van der Waals surface area contributed by atoms with Crippen LogP contribution in [-0.4, -0.2) is 36.9 Å². The van der Waals surface area contributed by atoms with Crippen LogP contribution in [0.5, 0.6) is 11.5 Å². The third-order valence-corrected chi connectivity index (χ3v) is 3.76. The van der Waals surface area contributed by atoms with Crippen molar-refractivity contribution in [1.29, 1.82) is 0 Å². The van der Waals surface area contributed by atoms with Crippen LogP contribution < -0.4 is 14.4 Å². The number of ether oxygens (including phenoxy) is 2. The van der Waals surface area contributed by atoms with Gasteiger partial charge in [0.05, 0.1) is 13.7 Å². The molecule has 0 aliphatic carbocycles. The Bertz CT molecular complexity index is 621. The van der Waals surface area contributed by atoms with Crippen LogP contribution in [0.25, 0.3) is 11.4 Å². The van der Waals surface area contributed by atoms with Crippen LogP contribution in [0.2, 0.25) is 0 Å². The van der Waals surface area contributed by atoms with Gasteiger partial charge in [0.25, 0.3) is 0 Å². The number of methoxy groups -OCH3 is 1. The van der Waals surface area contributed by atoms with Gasteiger partial charge in [-0.25, -0.2) is 0 Å². The maximum atomic E-state index is 5.52. The Balaban J connectivity index is 1.83. The summed E-state index contributed by atoms with van der Waals surface area (Å²) in [6, 6.07) is 6.26. The molecule has 1 aromatic carbocycles. The van der Waals surface area contributed by atoms with Crippen molar-refractivity contribution in [3.05, 3.63) is 18.2 Å². The summed E-state index contributed by atoms with van der Waals surface area (Å²) in [5.41, 5.74) is 0.854. The highest BCUT2D eigenvalue weighted by Crippen LogP contribution is 2.32. The highest BCUT2D eigenvalue weighted by molar-refractivity contribution is 5.61. The molecule has 0 N–H and O–H groups in total. The van der Waals surface area contributed by atoms with Gasteiger partial charge in [0.15, 0.2) is 11.5 Å². The number of anilines is 1. The Morgan fingerprint density at radius 1 is 1.18 bits per heavy atom. The fraction of sp³-hybridized carbons (Fsp3) is 0.500. The quantitative estimate of drug-likeness (QED) is 0.845. The molecule has 0 radical (unpaired) electrons. The van der Waals surface area contributed by atoms with Crippen LogP contribution in [0.1, 0.15) is 26.2 Å². The SMILES string of the molecule is CCOc1ccc(-c2noc(N3CCCCC3)n2)cc1OC. The predicted molar refractivity (Wildman–Crippen MR) is 83.5 cm³/mol. The van der Waals surface area contributed by atoms with E-state index in [9.17, 15) is 0 Å². The van der Waals surface area contributed by atoms with Crippen molar-refractivity contribution in [3.63, 3.8) is 0 Å². The minimum atomic E-state index is 0.571. The van der Waals surface area contributed by atoms with Crippen LogP contribution in [-0.2, 0) is 0 Å². The summed E-state index contributed by atoms with van der Waals surface area (Å²) in [5, 5.41) is 4.09. The summed E-state index contributed by atoms with van der Waals surface area (Å²) >= 11 is 0. The number of rotatable bonds is 5. The van der Waals surface area contributed by atoms with Crippen molar-refractivity contribution in [2.45, 2.75) is 26.2 Å². The number of nitrogens with zero attached hydrogens (tertiary/aromatic N) is 3. The zero-order valence-corrected chi connectivity index (χ0v) is 13.0. The minimum Gasteiger partial charge on any atom is -0.493 e. The lowest BCUT2D eigenvalue weighted by molar-refractivity contribution is 0.311. The lowest BCUT2D eigenvalue weighted by Crippen LogP contribution is -2.29. The third-order valence-electron chi connectivity index (χ3n) is 3.76. The minimum absolute atomic E-state index is 0.571. The number of aromatic nitrogens is 2. The van der Waals surface area contributed by atoms with E-state index in [1.807, 2.05) is 25.1 Å². The summed E-state index contributed by atoms with van der Waals surface area (Å²) < 4.78 is 16.3. The van der Waals surface area contributed by atoms with Gasteiger partial charge in [-0.05, 0) is 44.4 Å². The zero-order chi connectivity index (χ0) is 15.4. The maximum Gasteiger partial charge on any atom is 0.324 e. The second-order valence-corrected chi connectivity index (χ2v) is 5.25. The molecule has 0 atom stereocenters. The second-order valence-electron chi connectivity index (χ2n) is 5.25. The molecule has 2 heterocycles. The molecule has 22 heavy (non-hydrogen) atoms. The fourth-order valence-corrected chi connectivity index (χ4v) is 2.63. The molecule has 3 rings (SSSR count). The van der Waals surface area contributed by atoms with Crippen LogP contribution in [0.3, 0.4) is 0 Å². The summed E-state index contributed by atoms with van der Waals surface area (Å²) in [6.07, 6.45) is 3.62. The Morgan fingerprint density at radius 2 is 2.00 bits per heavy atom. The molecule has 1 aliphatic heterocycles. The van der Waals surface area contributed by atoms with Gasteiger partial charge in [-0.1, -0.05) is 5.16 Å². The van der Waals surface area contributed by atoms with Gasteiger partial charge in [-0.15, -0.1) is 0 Å². The lowest BCUT2D eigenvalue weighted by Gasteiger charge is -2.23. The molecule has 0 saturated carbocycles. The van der Waals surface area contributed by atoms with Gasteiger partial charge in [0.2, 0.25) is 5.82 Å². The first-order valence-electron chi connectivity index (χ1n) is 7.71. The predicted octanol–water partition coefficient (Wildman–Crippen LogP) is 3.13. The standard InChI is InChI=1S/C16H21N3O3/c1-3-21-13-8-7-12(11-14(13)20-2)15-17-16(22-18-15)19-9-5-4-6-10-19/h7-8,11H,3-6,9-10H2,1-2H3. The van der Waals surface area contributed by atoms with E-state index in [4.69, 9.17) is 14.0 Å². The topological polar surface area (TPSA) is 60.6 Å². The smallest absolute Gasteiger partial charge is 0.324 e. The summed E-state index contributed by atoms with van der Waals surface area (Å²) in [4.78, 5) is 6.65. The van der Waals surface area contributed by atoms with E-state index in [0.717, 1.165) is 18.7 Å². The third kappa shape index (κ3) is 3.00. The van der Waals surface area contributed by atoms with Crippen molar-refractivity contribution in [2.24, 2.45) is 0 Å². The average Bonchev–Trinajstić information content (AvgIpc) is 3.06. The molecule has 0 spiro atoms. The Kier molecular flexibility index (Phi) is 4.46.